The van der Waals surface area contributed by atoms with Crippen molar-refractivity contribution in [2.45, 2.75) is 76.5 Å². The van der Waals surface area contributed by atoms with Crippen molar-refractivity contribution >= 4 is 0 Å². The van der Waals surface area contributed by atoms with E-state index in [0.29, 0.717) is 11.6 Å². The zero-order chi connectivity index (χ0) is 10.9. The largest absolute Gasteiger partial charge is 0.371 e. The number of hydrogen-bond acceptors (Lipinski definition) is 2. The van der Waals surface area contributed by atoms with Gasteiger partial charge in [-0.3, -0.25) is 0 Å². The molecule has 0 aromatic carbocycles. The van der Waals surface area contributed by atoms with E-state index in [4.69, 9.17) is 4.74 Å². The molecule has 0 amide bonds. The zero-order valence-electron chi connectivity index (χ0n) is 10.4. The summed E-state index contributed by atoms with van der Waals surface area (Å²) in [7, 11) is 0. The summed E-state index contributed by atoms with van der Waals surface area (Å²) in [6.45, 7) is 7.80. The van der Waals surface area contributed by atoms with Crippen LogP contribution in [0.15, 0.2) is 0 Å². The smallest absolute Gasteiger partial charge is 0.0708 e. The highest BCUT2D eigenvalue weighted by Crippen LogP contribution is 2.31. The second-order valence-corrected chi connectivity index (χ2v) is 6.19. The Labute approximate surface area is 93.8 Å². The Morgan fingerprint density at radius 2 is 1.80 bits per heavy atom. The first-order chi connectivity index (χ1) is 6.99. The molecule has 1 aliphatic heterocycles. The summed E-state index contributed by atoms with van der Waals surface area (Å²) in [4.78, 5) is 0. The first-order valence-corrected chi connectivity index (χ1v) is 6.42. The van der Waals surface area contributed by atoms with Crippen molar-refractivity contribution in [2.24, 2.45) is 0 Å². The van der Waals surface area contributed by atoms with E-state index < -0.39 is 0 Å². The van der Waals surface area contributed by atoms with E-state index >= 15 is 0 Å². The van der Waals surface area contributed by atoms with Crippen LogP contribution in [0.2, 0.25) is 0 Å². The molecule has 0 radical (unpaired) electrons. The molecule has 1 saturated heterocycles. The lowest BCUT2D eigenvalue weighted by Crippen LogP contribution is -2.43. The maximum atomic E-state index is 5.99. The SMILES string of the molecule is CC1(NCC2CCC(C)(C)O2)CCCC1. The van der Waals surface area contributed by atoms with E-state index in [0.717, 1.165) is 6.54 Å². The quantitative estimate of drug-likeness (QED) is 0.775. The first kappa shape index (κ1) is 11.4. The van der Waals surface area contributed by atoms with E-state index in [1.54, 1.807) is 0 Å². The summed E-state index contributed by atoms with van der Waals surface area (Å²) in [5, 5.41) is 3.71. The third-order valence-corrected chi connectivity index (χ3v) is 4.02. The van der Waals surface area contributed by atoms with E-state index in [2.05, 4.69) is 26.1 Å². The van der Waals surface area contributed by atoms with Crippen molar-refractivity contribution in [3.05, 3.63) is 0 Å². The monoisotopic (exact) mass is 211 g/mol. The van der Waals surface area contributed by atoms with Gasteiger partial charge in [0.2, 0.25) is 0 Å². The fourth-order valence-corrected chi connectivity index (χ4v) is 2.91. The van der Waals surface area contributed by atoms with Gasteiger partial charge in [-0.15, -0.1) is 0 Å². The maximum absolute atomic E-state index is 5.99. The van der Waals surface area contributed by atoms with Gasteiger partial charge < -0.3 is 10.1 Å². The minimum Gasteiger partial charge on any atom is -0.371 e. The van der Waals surface area contributed by atoms with Crippen LogP contribution in [0.5, 0.6) is 0 Å². The van der Waals surface area contributed by atoms with Crippen LogP contribution in [-0.2, 0) is 4.74 Å². The van der Waals surface area contributed by atoms with Crippen LogP contribution in [0.25, 0.3) is 0 Å². The molecule has 1 N–H and O–H groups in total. The molecule has 2 rings (SSSR count). The third kappa shape index (κ3) is 2.94. The lowest BCUT2D eigenvalue weighted by Gasteiger charge is -2.28. The summed E-state index contributed by atoms with van der Waals surface area (Å²) in [6, 6.07) is 0. The van der Waals surface area contributed by atoms with Crippen LogP contribution in [0.4, 0.5) is 0 Å². The van der Waals surface area contributed by atoms with Crippen LogP contribution >= 0.6 is 0 Å². The van der Waals surface area contributed by atoms with Gasteiger partial charge in [0.1, 0.15) is 0 Å². The van der Waals surface area contributed by atoms with Crippen LogP contribution in [0, 0.1) is 0 Å². The molecule has 2 nitrogen and oxygen atoms in total. The molecule has 0 spiro atoms. The lowest BCUT2D eigenvalue weighted by atomic mass is 10.00. The normalized spacial score (nSPS) is 33.4. The Morgan fingerprint density at radius 3 is 2.33 bits per heavy atom. The van der Waals surface area contributed by atoms with Gasteiger partial charge in [-0.1, -0.05) is 12.8 Å². The molecule has 88 valence electrons. The minimum absolute atomic E-state index is 0.114. The van der Waals surface area contributed by atoms with Gasteiger partial charge in [-0.2, -0.15) is 0 Å². The standard InChI is InChI=1S/C13H25NO/c1-12(2)9-6-11(15-12)10-14-13(3)7-4-5-8-13/h11,14H,4-10H2,1-3H3. The van der Waals surface area contributed by atoms with Crippen molar-refractivity contribution in [2.75, 3.05) is 6.54 Å². The van der Waals surface area contributed by atoms with E-state index in [1.807, 2.05) is 0 Å². The second-order valence-electron chi connectivity index (χ2n) is 6.19. The van der Waals surface area contributed by atoms with Crippen LogP contribution in [-0.4, -0.2) is 23.8 Å². The Kier molecular flexibility index (Phi) is 3.09. The molecule has 2 fully saturated rings. The Hall–Kier alpha value is -0.0800. The first-order valence-electron chi connectivity index (χ1n) is 6.42. The number of ether oxygens (including phenoxy) is 1. The predicted molar refractivity (Wildman–Crippen MR) is 63.1 cm³/mol. The van der Waals surface area contributed by atoms with Crippen LogP contribution in [0.3, 0.4) is 0 Å². The van der Waals surface area contributed by atoms with Gasteiger partial charge in [-0.05, 0) is 46.5 Å². The van der Waals surface area contributed by atoms with Crippen molar-refractivity contribution < 1.29 is 4.74 Å². The number of rotatable bonds is 3. The summed E-state index contributed by atoms with van der Waals surface area (Å²) < 4.78 is 5.99. The molecule has 1 aliphatic carbocycles. The fraction of sp³-hybridized carbons (Fsp3) is 1.00. The lowest BCUT2D eigenvalue weighted by molar-refractivity contribution is -0.0167. The molecular weight excluding hydrogens is 186 g/mol. The summed E-state index contributed by atoms with van der Waals surface area (Å²) in [5.41, 5.74) is 0.513. The highest BCUT2D eigenvalue weighted by Gasteiger charge is 2.34. The molecule has 1 atom stereocenters. The molecular formula is C13H25NO. The van der Waals surface area contributed by atoms with Crippen molar-refractivity contribution in [1.29, 1.82) is 0 Å². The molecule has 0 aromatic heterocycles. The van der Waals surface area contributed by atoms with Crippen LogP contribution in [0.1, 0.15) is 59.3 Å². The highest BCUT2D eigenvalue weighted by molar-refractivity contribution is 4.90. The van der Waals surface area contributed by atoms with E-state index in [9.17, 15) is 0 Å². The average Bonchev–Trinajstić information content (AvgIpc) is 2.70. The van der Waals surface area contributed by atoms with E-state index in [-0.39, 0.29) is 5.60 Å². The number of hydrogen-bond donors (Lipinski definition) is 1. The molecule has 2 heteroatoms. The Bertz CT molecular complexity index is 219. The van der Waals surface area contributed by atoms with Gasteiger partial charge in [-0.25, -0.2) is 0 Å². The van der Waals surface area contributed by atoms with E-state index in [1.165, 1.54) is 38.5 Å². The highest BCUT2D eigenvalue weighted by atomic mass is 16.5. The van der Waals surface area contributed by atoms with Crippen molar-refractivity contribution in [3.8, 4) is 0 Å². The summed E-state index contributed by atoms with van der Waals surface area (Å²) >= 11 is 0. The predicted octanol–water partition coefficient (Wildman–Crippen LogP) is 2.87. The molecule has 2 aliphatic rings. The maximum Gasteiger partial charge on any atom is 0.0708 e. The minimum atomic E-state index is 0.114. The molecule has 1 heterocycles. The van der Waals surface area contributed by atoms with Gasteiger partial charge in [0.15, 0.2) is 0 Å². The van der Waals surface area contributed by atoms with Gasteiger partial charge in [0.05, 0.1) is 11.7 Å². The molecule has 1 unspecified atom stereocenters. The van der Waals surface area contributed by atoms with Gasteiger partial charge >= 0.3 is 0 Å². The number of nitrogens with one attached hydrogen (secondary N) is 1. The zero-order valence-corrected chi connectivity index (χ0v) is 10.4. The van der Waals surface area contributed by atoms with Gasteiger partial charge in [0.25, 0.3) is 0 Å². The summed E-state index contributed by atoms with van der Waals surface area (Å²) in [6.07, 6.45) is 8.32. The topological polar surface area (TPSA) is 21.3 Å². The third-order valence-electron chi connectivity index (χ3n) is 4.02. The molecule has 15 heavy (non-hydrogen) atoms. The second kappa shape index (κ2) is 4.06. The molecule has 1 saturated carbocycles. The Balaban J connectivity index is 1.74. The van der Waals surface area contributed by atoms with Crippen molar-refractivity contribution in [3.63, 3.8) is 0 Å². The summed E-state index contributed by atoms with van der Waals surface area (Å²) in [5.74, 6) is 0. The average molecular weight is 211 g/mol. The fourth-order valence-electron chi connectivity index (χ4n) is 2.91. The van der Waals surface area contributed by atoms with Gasteiger partial charge in [0, 0.05) is 12.1 Å². The van der Waals surface area contributed by atoms with Crippen molar-refractivity contribution in [1.82, 2.24) is 5.32 Å². The van der Waals surface area contributed by atoms with Crippen LogP contribution < -0.4 is 5.32 Å². The Morgan fingerprint density at radius 1 is 1.13 bits per heavy atom. The molecule has 0 aromatic rings. The molecule has 0 bridgehead atoms.